The molecule has 1 N–H and O–H groups in total. The number of fused-ring (bicyclic) bond motifs is 6. The third kappa shape index (κ3) is 3.22. The predicted octanol–water partition coefficient (Wildman–Crippen LogP) is 5.13. The lowest BCUT2D eigenvalue weighted by Gasteiger charge is -2.41. The first kappa shape index (κ1) is 19.6. The van der Waals surface area contributed by atoms with Gasteiger partial charge in [0, 0.05) is 30.2 Å². The van der Waals surface area contributed by atoms with Gasteiger partial charge in [-0.05, 0) is 65.8 Å². The van der Waals surface area contributed by atoms with Crippen molar-refractivity contribution in [1.29, 1.82) is 0 Å². The topological polar surface area (TPSA) is 37.6 Å². The molecule has 1 aromatic heterocycles. The largest absolute Gasteiger partial charge is 0.489 e. The van der Waals surface area contributed by atoms with Gasteiger partial charge in [0.2, 0.25) is 0 Å². The predicted molar refractivity (Wildman–Crippen MR) is 127 cm³/mol. The Bertz CT molecular complexity index is 1290. The normalized spacial score (nSPS) is 17.6. The van der Waals surface area contributed by atoms with Gasteiger partial charge in [-0.25, -0.2) is 0 Å². The molecule has 0 radical (unpaired) electrons. The van der Waals surface area contributed by atoms with Crippen molar-refractivity contribution in [3.8, 4) is 5.75 Å². The number of aliphatic hydroxyl groups excluding tert-OH is 1. The second-order valence-electron chi connectivity index (χ2n) is 9.09. The molecule has 3 aromatic carbocycles. The molecule has 162 valence electrons. The summed E-state index contributed by atoms with van der Waals surface area (Å²) in [5.74, 6) is 0.949. The summed E-state index contributed by atoms with van der Waals surface area (Å²) in [4.78, 5) is 2.58. The minimum absolute atomic E-state index is 0.0342. The van der Waals surface area contributed by atoms with Crippen LogP contribution >= 0.6 is 0 Å². The molecule has 0 aliphatic carbocycles. The zero-order valence-corrected chi connectivity index (χ0v) is 18.4. The molecule has 1 atom stereocenters. The molecule has 0 saturated carbocycles. The number of nitrogens with zero attached hydrogens (tertiary/aromatic N) is 2. The Labute approximate surface area is 188 Å². The van der Waals surface area contributed by atoms with Crippen LogP contribution in [0.5, 0.6) is 5.75 Å². The van der Waals surface area contributed by atoms with E-state index in [0.717, 1.165) is 37.2 Å². The second-order valence-corrected chi connectivity index (χ2v) is 9.09. The van der Waals surface area contributed by atoms with E-state index in [4.69, 9.17) is 4.74 Å². The molecule has 3 heterocycles. The fraction of sp³-hybridized carbons (Fsp3) is 0.286. The van der Waals surface area contributed by atoms with E-state index in [1.807, 2.05) is 18.2 Å². The fourth-order valence-corrected chi connectivity index (χ4v) is 5.54. The lowest BCUT2D eigenvalue weighted by atomic mass is 9.85. The molecular formula is C28H28N2O2. The number of aliphatic hydroxyl groups is 1. The summed E-state index contributed by atoms with van der Waals surface area (Å²) in [6, 6.07) is 24.0. The molecule has 0 saturated heterocycles. The van der Waals surface area contributed by atoms with Crippen molar-refractivity contribution < 1.29 is 9.84 Å². The highest BCUT2D eigenvalue weighted by Gasteiger charge is 2.35. The summed E-state index contributed by atoms with van der Waals surface area (Å²) in [6.45, 7) is 4.67. The number of ether oxygens (including phenoxy) is 1. The molecule has 4 heteroatoms. The highest BCUT2D eigenvalue weighted by molar-refractivity contribution is 5.86. The van der Waals surface area contributed by atoms with Gasteiger partial charge in [-0.1, -0.05) is 48.5 Å². The highest BCUT2D eigenvalue weighted by Crippen LogP contribution is 2.42. The number of rotatable bonds is 4. The van der Waals surface area contributed by atoms with Gasteiger partial charge in [0.25, 0.3) is 0 Å². The standard InChI is InChI=1S/C28H28N2O2/c1-19-7-9-24-25-15-26-23-10-8-22(32-17-20-5-3-2-4-6-20)14-21(23)11-12-29(26)16-28(25)30(18-31)27(24)13-19/h2-10,13-14,26,31H,11-12,15-18H2,1H3. The number of hydrogen-bond acceptors (Lipinski definition) is 3. The van der Waals surface area contributed by atoms with Crippen LogP contribution in [0, 0.1) is 6.92 Å². The van der Waals surface area contributed by atoms with Gasteiger partial charge in [0.15, 0.2) is 0 Å². The van der Waals surface area contributed by atoms with Gasteiger partial charge >= 0.3 is 0 Å². The quantitative estimate of drug-likeness (QED) is 0.493. The van der Waals surface area contributed by atoms with Crippen molar-refractivity contribution in [2.45, 2.75) is 45.7 Å². The van der Waals surface area contributed by atoms with Crippen LogP contribution in [-0.4, -0.2) is 21.1 Å². The monoisotopic (exact) mass is 424 g/mol. The molecule has 32 heavy (non-hydrogen) atoms. The van der Waals surface area contributed by atoms with Crippen molar-refractivity contribution in [3.05, 3.63) is 100 Å². The van der Waals surface area contributed by atoms with Crippen LogP contribution in [-0.2, 0) is 32.7 Å². The summed E-state index contributed by atoms with van der Waals surface area (Å²) < 4.78 is 8.19. The average molecular weight is 425 g/mol. The first-order chi connectivity index (χ1) is 15.7. The molecule has 1 unspecified atom stereocenters. The van der Waals surface area contributed by atoms with Crippen molar-refractivity contribution in [1.82, 2.24) is 9.47 Å². The van der Waals surface area contributed by atoms with E-state index in [1.165, 1.54) is 38.9 Å². The van der Waals surface area contributed by atoms with Crippen molar-refractivity contribution in [2.75, 3.05) is 6.54 Å². The van der Waals surface area contributed by atoms with Crippen molar-refractivity contribution >= 4 is 10.9 Å². The van der Waals surface area contributed by atoms with Crippen LogP contribution in [0.4, 0.5) is 0 Å². The molecule has 2 aliphatic rings. The molecule has 0 fully saturated rings. The maximum absolute atomic E-state index is 10.1. The van der Waals surface area contributed by atoms with Gasteiger partial charge in [-0.15, -0.1) is 0 Å². The second kappa shape index (κ2) is 7.80. The summed E-state index contributed by atoms with van der Waals surface area (Å²) in [7, 11) is 0. The molecule has 0 bridgehead atoms. The van der Waals surface area contributed by atoms with Crippen LogP contribution in [0.3, 0.4) is 0 Å². The van der Waals surface area contributed by atoms with E-state index < -0.39 is 0 Å². The average Bonchev–Trinajstić information content (AvgIpc) is 3.13. The van der Waals surface area contributed by atoms with E-state index >= 15 is 0 Å². The van der Waals surface area contributed by atoms with Crippen LogP contribution in [0.2, 0.25) is 0 Å². The minimum atomic E-state index is 0.0342. The Morgan fingerprint density at radius 2 is 1.91 bits per heavy atom. The van der Waals surface area contributed by atoms with Gasteiger partial charge in [-0.2, -0.15) is 0 Å². The van der Waals surface area contributed by atoms with Gasteiger partial charge in [0.1, 0.15) is 19.1 Å². The Morgan fingerprint density at radius 1 is 1.03 bits per heavy atom. The maximum atomic E-state index is 10.1. The lowest BCUT2D eigenvalue weighted by Crippen LogP contribution is -2.39. The molecule has 4 aromatic rings. The highest BCUT2D eigenvalue weighted by atomic mass is 16.5. The summed E-state index contributed by atoms with van der Waals surface area (Å²) in [5.41, 5.74) is 9.07. The SMILES string of the molecule is Cc1ccc2c3c(n(CO)c2c1)CN1CCc2cc(OCc4ccccc4)ccc2C1C3. The zero-order valence-electron chi connectivity index (χ0n) is 18.4. The van der Waals surface area contributed by atoms with Crippen LogP contribution < -0.4 is 4.74 Å². The summed E-state index contributed by atoms with van der Waals surface area (Å²) in [6.07, 6.45) is 2.02. The van der Waals surface area contributed by atoms with E-state index in [2.05, 4.69) is 64.9 Å². The van der Waals surface area contributed by atoms with Crippen molar-refractivity contribution in [2.24, 2.45) is 0 Å². The van der Waals surface area contributed by atoms with E-state index in [-0.39, 0.29) is 6.73 Å². The van der Waals surface area contributed by atoms with Crippen LogP contribution in [0.15, 0.2) is 66.7 Å². The van der Waals surface area contributed by atoms with Crippen LogP contribution in [0.1, 0.15) is 39.6 Å². The summed E-state index contributed by atoms with van der Waals surface area (Å²) in [5, 5.41) is 11.4. The third-order valence-electron chi connectivity index (χ3n) is 7.17. The molecular weight excluding hydrogens is 396 g/mol. The molecule has 2 aliphatic heterocycles. The Morgan fingerprint density at radius 3 is 2.75 bits per heavy atom. The minimum Gasteiger partial charge on any atom is -0.489 e. The number of aryl methyl sites for hydroxylation is 1. The lowest BCUT2D eigenvalue weighted by molar-refractivity contribution is 0.146. The molecule has 0 amide bonds. The van der Waals surface area contributed by atoms with E-state index in [0.29, 0.717) is 12.6 Å². The Kier molecular flexibility index (Phi) is 4.78. The Hall–Kier alpha value is -3.08. The fourth-order valence-electron chi connectivity index (χ4n) is 5.54. The maximum Gasteiger partial charge on any atom is 0.120 e. The van der Waals surface area contributed by atoms with E-state index in [1.54, 1.807) is 0 Å². The number of aromatic nitrogens is 1. The van der Waals surface area contributed by atoms with Crippen LogP contribution in [0.25, 0.3) is 10.9 Å². The smallest absolute Gasteiger partial charge is 0.120 e. The van der Waals surface area contributed by atoms with Gasteiger partial charge < -0.3 is 14.4 Å². The zero-order chi connectivity index (χ0) is 21.7. The first-order valence-corrected chi connectivity index (χ1v) is 11.5. The molecule has 6 rings (SSSR count). The number of benzene rings is 3. The van der Waals surface area contributed by atoms with Crippen molar-refractivity contribution in [3.63, 3.8) is 0 Å². The third-order valence-corrected chi connectivity index (χ3v) is 7.17. The van der Waals surface area contributed by atoms with Gasteiger partial charge in [-0.3, -0.25) is 4.90 Å². The summed E-state index contributed by atoms with van der Waals surface area (Å²) >= 11 is 0. The molecule has 0 spiro atoms. The Balaban J connectivity index is 1.31. The molecule has 4 nitrogen and oxygen atoms in total. The first-order valence-electron chi connectivity index (χ1n) is 11.5. The number of hydrogen-bond donors (Lipinski definition) is 1. The van der Waals surface area contributed by atoms with Gasteiger partial charge in [0.05, 0.1) is 5.52 Å². The van der Waals surface area contributed by atoms with E-state index in [9.17, 15) is 5.11 Å².